The first-order valence-electron chi connectivity index (χ1n) is 5.78. The van der Waals surface area contributed by atoms with Crippen molar-refractivity contribution in [3.05, 3.63) is 41.4 Å². The van der Waals surface area contributed by atoms with E-state index in [1.807, 2.05) is 6.92 Å². The standard InChI is InChI=1S/C13H14FN3O2/c1-8-3-4-10(14)6-11(8)15-7-13(18)16-12-5-9(2)19-17-12/h3-6,15H,7H2,1-2H3,(H,16,17,18). The molecule has 100 valence electrons. The number of rotatable bonds is 4. The summed E-state index contributed by atoms with van der Waals surface area (Å²) < 4.78 is 17.9. The Labute approximate surface area is 109 Å². The molecule has 19 heavy (non-hydrogen) atoms. The molecule has 6 heteroatoms. The zero-order chi connectivity index (χ0) is 13.8. The minimum Gasteiger partial charge on any atom is -0.376 e. The molecule has 0 saturated heterocycles. The van der Waals surface area contributed by atoms with E-state index in [2.05, 4.69) is 15.8 Å². The lowest BCUT2D eigenvalue weighted by molar-refractivity contribution is -0.114. The lowest BCUT2D eigenvalue weighted by Crippen LogP contribution is -2.22. The van der Waals surface area contributed by atoms with E-state index in [0.717, 1.165) is 5.56 Å². The molecule has 1 heterocycles. The van der Waals surface area contributed by atoms with Crippen molar-refractivity contribution in [2.45, 2.75) is 13.8 Å². The monoisotopic (exact) mass is 263 g/mol. The molecule has 1 aromatic heterocycles. The number of amides is 1. The van der Waals surface area contributed by atoms with E-state index in [-0.39, 0.29) is 18.3 Å². The molecule has 0 spiro atoms. The minimum absolute atomic E-state index is 0.0240. The number of aromatic nitrogens is 1. The summed E-state index contributed by atoms with van der Waals surface area (Å²) in [4.78, 5) is 11.6. The van der Waals surface area contributed by atoms with Gasteiger partial charge < -0.3 is 15.2 Å². The van der Waals surface area contributed by atoms with Crippen molar-refractivity contribution < 1.29 is 13.7 Å². The molecule has 0 aliphatic heterocycles. The largest absolute Gasteiger partial charge is 0.376 e. The van der Waals surface area contributed by atoms with Gasteiger partial charge in [-0.2, -0.15) is 0 Å². The van der Waals surface area contributed by atoms with E-state index >= 15 is 0 Å². The minimum atomic E-state index is -0.347. The number of nitrogens with zero attached hydrogens (tertiary/aromatic N) is 1. The van der Waals surface area contributed by atoms with Gasteiger partial charge in [0.15, 0.2) is 5.82 Å². The van der Waals surface area contributed by atoms with E-state index in [9.17, 15) is 9.18 Å². The van der Waals surface area contributed by atoms with Crippen LogP contribution in [-0.4, -0.2) is 17.6 Å². The molecule has 0 radical (unpaired) electrons. The molecule has 0 saturated carbocycles. The Hall–Kier alpha value is -2.37. The molecule has 5 nitrogen and oxygen atoms in total. The number of aryl methyl sites for hydroxylation is 2. The van der Waals surface area contributed by atoms with Crippen LogP contribution in [0.15, 0.2) is 28.8 Å². The summed E-state index contributed by atoms with van der Waals surface area (Å²) in [6.45, 7) is 3.59. The first-order chi connectivity index (χ1) is 9.04. The van der Waals surface area contributed by atoms with E-state index in [1.165, 1.54) is 12.1 Å². The number of halogens is 1. The van der Waals surface area contributed by atoms with Crippen LogP contribution in [0.3, 0.4) is 0 Å². The van der Waals surface area contributed by atoms with Gasteiger partial charge >= 0.3 is 0 Å². The average molecular weight is 263 g/mol. The third-order valence-electron chi connectivity index (χ3n) is 2.53. The Kier molecular flexibility index (Phi) is 3.79. The zero-order valence-corrected chi connectivity index (χ0v) is 10.7. The van der Waals surface area contributed by atoms with Gasteiger partial charge in [0.2, 0.25) is 5.91 Å². The van der Waals surface area contributed by atoms with Crippen molar-refractivity contribution in [2.75, 3.05) is 17.2 Å². The maximum absolute atomic E-state index is 13.1. The molecular formula is C13H14FN3O2. The SMILES string of the molecule is Cc1cc(NC(=O)CNc2cc(F)ccc2C)no1. The van der Waals surface area contributed by atoms with Crippen LogP contribution in [0.5, 0.6) is 0 Å². The van der Waals surface area contributed by atoms with Gasteiger partial charge in [0.05, 0.1) is 6.54 Å². The number of hydrogen-bond donors (Lipinski definition) is 2. The molecule has 2 rings (SSSR count). The lowest BCUT2D eigenvalue weighted by atomic mass is 10.2. The summed E-state index contributed by atoms with van der Waals surface area (Å²) in [6, 6.07) is 5.99. The zero-order valence-electron chi connectivity index (χ0n) is 10.7. The summed E-state index contributed by atoms with van der Waals surface area (Å²) in [5, 5.41) is 9.08. The second-order valence-corrected chi connectivity index (χ2v) is 4.18. The fraction of sp³-hybridized carbons (Fsp3) is 0.231. The van der Waals surface area contributed by atoms with Gasteiger partial charge in [-0.3, -0.25) is 4.79 Å². The predicted octanol–water partition coefficient (Wildman–Crippen LogP) is 2.48. The maximum atomic E-state index is 13.1. The van der Waals surface area contributed by atoms with Gasteiger partial charge in [-0.15, -0.1) is 0 Å². The van der Waals surface area contributed by atoms with Crippen molar-refractivity contribution in [3.63, 3.8) is 0 Å². The molecule has 0 aliphatic rings. The Balaban J connectivity index is 1.91. The molecule has 1 amide bonds. The Morgan fingerprint density at radius 1 is 1.37 bits per heavy atom. The number of benzene rings is 1. The van der Waals surface area contributed by atoms with Gasteiger partial charge in [-0.1, -0.05) is 11.2 Å². The molecule has 2 N–H and O–H groups in total. The van der Waals surface area contributed by atoms with Crippen LogP contribution in [0.1, 0.15) is 11.3 Å². The van der Waals surface area contributed by atoms with Crippen molar-refractivity contribution in [3.8, 4) is 0 Å². The van der Waals surface area contributed by atoms with Crippen molar-refractivity contribution in [1.82, 2.24) is 5.16 Å². The van der Waals surface area contributed by atoms with Crippen LogP contribution in [0.25, 0.3) is 0 Å². The van der Waals surface area contributed by atoms with Crippen molar-refractivity contribution in [1.29, 1.82) is 0 Å². The second kappa shape index (κ2) is 5.51. The van der Waals surface area contributed by atoms with Gasteiger partial charge in [-0.05, 0) is 31.5 Å². The molecule has 0 fully saturated rings. The van der Waals surface area contributed by atoms with Crippen LogP contribution < -0.4 is 10.6 Å². The van der Waals surface area contributed by atoms with Crippen LogP contribution in [0, 0.1) is 19.7 Å². The maximum Gasteiger partial charge on any atom is 0.244 e. The second-order valence-electron chi connectivity index (χ2n) is 4.18. The number of anilines is 2. The Morgan fingerprint density at radius 2 is 2.16 bits per heavy atom. The van der Waals surface area contributed by atoms with E-state index in [1.54, 1.807) is 19.1 Å². The first-order valence-corrected chi connectivity index (χ1v) is 5.78. The summed E-state index contributed by atoms with van der Waals surface area (Å²) in [6.07, 6.45) is 0. The van der Waals surface area contributed by atoms with Gasteiger partial charge in [0.25, 0.3) is 0 Å². The third-order valence-corrected chi connectivity index (χ3v) is 2.53. The summed E-state index contributed by atoms with van der Waals surface area (Å²) in [5.74, 6) is 0.349. The molecule has 0 aliphatic carbocycles. The molecule has 0 bridgehead atoms. The predicted molar refractivity (Wildman–Crippen MR) is 69.5 cm³/mol. The average Bonchev–Trinajstić information content (AvgIpc) is 2.76. The number of nitrogens with one attached hydrogen (secondary N) is 2. The quantitative estimate of drug-likeness (QED) is 0.889. The normalized spacial score (nSPS) is 10.3. The molecular weight excluding hydrogens is 249 g/mol. The summed E-state index contributed by atoms with van der Waals surface area (Å²) in [5.41, 5.74) is 1.46. The first kappa shape index (κ1) is 13.1. The molecule has 1 aromatic carbocycles. The van der Waals surface area contributed by atoms with Gasteiger partial charge in [0, 0.05) is 11.8 Å². The smallest absolute Gasteiger partial charge is 0.244 e. The van der Waals surface area contributed by atoms with E-state index in [0.29, 0.717) is 17.3 Å². The summed E-state index contributed by atoms with van der Waals surface area (Å²) >= 11 is 0. The van der Waals surface area contributed by atoms with E-state index < -0.39 is 0 Å². The highest BCUT2D eigenvalue weighted by Gasteiger charge is 2.07. The van der Waals surface area contributed by atoms with Crippen molar-refractivity contribution in [2.24, 2.45) is 0 Å². The highest BCUT2D eigenvalue weighted by Crippen LogP contribution is 2.15. The fourth-order valence-corrected chi connectivity index (χ4v) is 1.57. The molecule has 0 atom stereocenters. The van der Waals surface area contributed by atoms with Crippen LogP contribution in [0.2, 0.25) is 0 Å². The highest BCUT2D eigenvalue weighted by atomic mass is 19.1. The topological polar surface area (TPSA) is 67.2 Å². The Bertz CT molecular complexity index is 595. The molecule has 0 unspecified atom stereocenters. The van der Waals surface area contributed by atoms with Crippen LogP contribution in [-0.2, 0) is 4.79 Å². The molecule has 2 aromatic rings. The highest BCUT2D eigenvalue weighted by molar-refractivity contribution is 5.92. The number of hydrogen-bond acceptors (Lipinski definition) is 4. The lowest BCUT2D eigenvalue weighted by Gasteiger charge is -2.08. The van der Waals surface area contributed by atoms with E-state index in [4.69, 9.17) is 4.52 Å². The van der Waals surface area contributed by atoms with Gasteiger partial charge in [-0.25, -0.2) is 4.39 Å². The Morgan fingerprint density at radius 3 is 2.84 bits per heavy atom. The number of carbonyl (C=O) groups excluding carboxylic acids is 1. The van der Waals surface area contributed by atoms with Crippen LogP contribution in [0.4, 0.5) is 15.9 Å². The van der Waals surface area contributed by atoms with Crippen LogP contribution >= 0.6 is 0 Å². The fourth-order valence-electron chi connectivity index (χ4n) is 1.57. The number of carbonyl (C=O) groups is 1. The van der Waals surface area contributed by atoms with Gasteiger partial charge in [0.1, 0.15) is 11.6 Å². The summed E-state index contributed by atoms with van der Waals surface area (Å²) in [7, 11) is 0. The third kappa shape index (κ3) is 3.54. The van der Waals surface area contributed by atoms with Crippen molar-refractivity contribution >= 4 is 17.4 Å².